The Morgan fingerprint density at radius 1 is 1.43 bits per heavy atom. The molecule has 0 amide bonds. The Morgan fingerprint density at radius 2 is 2.07 bits per heavy atom. The first-order valence-electron chi connectivity index (χ1n) is 4.43. The highest BCUT2D eigenvalue weighted by Gasteiger charge is 2.09. The summed E-state index contributed by atoms with van der Waals surface area (Å²) in [6.07, 6.45) is 0. The molecule has 0 aromatic heterocycles. The summed E-state index contributed by atoms with van der Waals surface area (Å²) < 4.78 is 0. The number of benzene rings is 1. The van der Waals surface area contributed by atoms with Crippen molar-refractivity contribution in [1.29, 1.82) is 0 Å². The van der Waals surface area contributed by atoms with Crippen LogP contribution in [0.25, 0.3) is 0 Å². The van der Waals surface area contributed by atoms with E-state index in [4.69, 9.17) is 10.8 Å². The largest absolute Gasteiger partial charge is 0.480 e. The van der Waals surface area contributed by atoms with E-state index in [1.54, 1.807) is 0 Å². The van der Waals surface area contributed by atoms with Crippen molar-refractivity contribution in [3.63, 3.8) is 0 Å². The summed E-state index contributed by atoms with van der Waals surface area (Å²) in [7, 11) is 0. The molecule has 0 saturated carbocycles. The molecule has 1 atom stereocenters. The second-order valence-electron chi connectivity index (χ2n) is 3.06. The van der Waals surface area contributed by atoms with E-state index in [1.807, 2.05) is 30.3 Å². The van der Waals surface area contributed by atoms with Crippen molar-refractivity contribution in [2.75, 3.05) is 6.54 Å². The zero-order valence-corrected chi connectivity index (χ0v) is 7.81. The van der Waals surface area contributed by atoms with Gasteiger partial charge in [-0.1, -0.05) is 30.3 Å². The van der Waals surface area contributed by atoms with Gasteiger partial charge in [0.1, 0.15) is 6.04 Å². The first-order chi connectivity index (χ1) is 6.70. The van der Waals surface area contributed by atoms with Crippen molar-refractivity contribution in [3.05, 3.63) is 35.9 Å². The second kappa shape index (κ2) is 5.36. The van der Waals surface area contributed by atoms with Gasteiger partial charge in [-0.15, -0.1) is 0 Å². The SMILES string of the molecule is NC(CNCc1ccccc1)C(=O)O. The fourth-order valence-corrected chi connectivity index (χ4v) is 1.06. The van der Waals surface area contributed by atoms with Crippen LogP contribution in [0.5, 0.6) is 0 Å². The maximum Gasteiger partial charge on any atom is 0.321 e. The molecule has 0 aliphatic carbocycles. The summed E-state index contributed by atoms with van der Waals surface area (Å²) in [5.74, 6) is -0.981. The van der Waals surface area contributed by atoms with Gasteiger partial charge in [0, 0.05) is 13.1 Å². The topological polar surface area (TPSA) is 75.3 Å². The molecule has 0 fully saturated rings. The summed E-state index contributed by atoms with van der Waals surface area (Å²) in [4.78, 5) is 10.4. The van der Waals surface area contributed by atoms with Crippen LogP contribution in [0.1, 0.15) is 5.56 Å². The predicted octanol–water partition coefficient (Wildman–Crippen LogP) is 0.188. The molecular formula is C10H14N2O2. The number of aliphatic carboxylic acids is 1. The van der Waals surface area contributed by atoms with E-state index < -0.39 is 12.0 Å². The van der Waals surface area contributed by atoms with Crippen LogP contribution in [-0.4, -0.2) is 23.7 Å². The molecule has 0 bridgehead atoms. The Labute approximate surface area is 82.7 Å². The second-order valence-corrected chi connectivity index (χ2v) is 3.06. The minimum Gasteiger partial charge on any atom is -0.480 e. The molecular weight excluding hydrogens is 180 g/mol. The molecule has 14 heavy (non-hydrogen) atoms. The van der Waals surface area contributed by atoms with E-state index in [0.717, 1.165) is 5.56 Å². The molecule has 0 aliphatic rings. The van der Waals surface area contributed by atoms with Crippen LogP contribution >= 0.6 is 0 Å². The lowest BCUT2D eigenvalue weighted by molar-refractivity contribution is -0.138. The fraction of sp³-hybridized carbons (Fsp3) is 0.300. The zero-order chi connectivity index (χ0) is 10.4. The van der Waals surface area contributed by atoms with Crippen LogP contribution in [-0.2, 0) is 11.3 Å². The molecule has 1 aromatic rings. The standard InChI is InChI=1S/C10H14N2O2/c11-9(10(13)14)7-12-6-8-4-2-1-3-5-8/h1-5,9,12H,6-7,11H2,(H,13,14). The van der Waals surface area contributed by atoms with Crippen LogP contribution in [0.4, 0.5) is 0 Å². The maximum absolute atomic E-state index is 10.4. The molecule has 0 heterocycles. The lowest BCUT2D eigenvalue weighted by atomic mass is 10.2. The van der Waals surface area contributed by atoms with E-state index in [-0.39, 0.29) is 6.54 Å². The van der Waals surface area contributed by atoms with Crippen molar-refractivity contribution < 1.29 is 9.90 Å². The van der Waals surface area contributed by atoms with Crippen LogP contribution in [0.2, 0.25) is 0 Å². The van der Waals surface area contributed by atoms with Gasteiger partial charge < -0.3 is 16.2 Å². The van der Waals surface area contributed by atoms with Crippen LogP contribution in [0.3, 0.4) is 0 Å². The van der Waals surface area contributed by atoms with Gasteiger partial charge in [-0.3, -0.25) is 4.79 Å². The highest BCUT2D eigenvalue weighted by molar-refractivity contribution is 5.73. The number of hydrogen-bond donors (Lipinski definition) is 3. The number of nitrogens with one attached hydrogen (secondary N) is 1. The van der Waals surface area contributed by atoms with E-state index in [2.05, 4.69) is 5.32 Å². The van der Waals surface area contributed by atoms with E-state index in [0.29, 0.717) is 6.54 Å². The molecule has 0 spiro atoms. The Morgan fingerprint density at radius 3 is 2.64 bits per heavy atom. The van der Waals surface area contributed by atoms with Crippen molar-refractivity contribution in [2.45, 2.75) is 12.6 Å². The minimum absolute atomic E-state index is 0.282. The number of rotatable bonds is 5. The summed E-state index contributed by atoms with van der Waals surface area (Å²) in [6.45, 7) is 0.923. The summed E-state index contributed by atoms with van der Waals surface area (Å²) in [5, 5.41) is 11.5. The molecule has 4 nitrogen and oxygen atoms in total. The first kappa shape index (κ1) is 10.7. The highest BCUT2D eigenvalue weighted by Crippen LogP contribution is 1.96. The maximum atomic E-state index is 10.4. The van der Waals surface area contributed by atoms with Crippen molar-refractivity contribution in [1.82, 2.24) is 5.32 Å². The van der Waals surface area contributed by atoms with E-state index in [9.17, 15) is 4.79 Å². The number of carbonyl (C=O) groups is 1. The van der Waals surface area contributed by atoms with E-state index in [1.165, 1.54) is 0 Å². The van der Waals surface area contributed by atoms with Gasteiger partial charge in [0.25, 0.3) is 0 Å². The summed E-state index contributed by atoms with van der Waals surface area (Å²) in [5.41, 5.74) is 6.43. The van der Waals surface area contributed by atoms with Gasteiger partial charge in [-0.2, -0.15) is 0 Å². The zero-order valence-electron chi connectivity index (χ0n) is 7.81. The first-order valence-corrected chi connectivity index (χ1v) is 4.43. The van der Waals surface area contributed by atoms with Gasteiger partial charge in [-0.25, -0.2) is 0 Å². The van der Waals surface area contributed by atoms with Crippen molar-refractivity contribution >= 4 is 5.97 Å². The van der Waals surface area contributed by atoms with Gasteiger partial charge >= 0.3 is 5.97 Å². The lowest BCUT2D eigenvalue weighted by Crippen LogP contribution is -2.40. The average molecular weight is 194 g/mol. The number of carboxylic acid groups (broad SMARTS) is 1. The molecule has 1 unspecified atom stereocenters. The van der Waals surface area contributed by atoms with Gasteiger partial charge in [0.05, 0.1) is 0 Å². The Hall–Kier alpha value is -1.39. The Balaban J connectivity index is 2.26. The minimum atomic E-state index is -0.981. The van der Waals surface area contributed by atoms with Gasteiger partial charge in [0.15, 0.2) is 0 Å². The molecule has 0 aliphatic heterocycles. The quantitative estimate of drug-likeness (QED) is 0.625. The number of carboxylic acids is 1. The summed E-state index contributed by atoms with van der Waals surface area (Å²) in [6, 6.07) is 8.92. The molecule has 1 aromatic carbocycles. The van der Waals surface area contributed by atoms with Crippen LogP contribution in [0.15, 0.2) is 30.3 Å². The Kier molecular flexibility index (Phi) is 4.10. The van der Waals surface area contributed by atoms with Crippen molar-refractivity contribution in [3.8, 4) is 0 Å². The van der Waals surface area contributed by atoms with Gasteiger partial charge in [0.2, 0.25) is 0 Å². The number of nitrogens with two attached hydrogens (primary N) is 1. The third-order valence-corrected chi connectivity index (χ3v) is 1.85. The smallest absolute Gasteiger partial charge is 0.321 e. The fourth-order valence-electron chi connectivity index (χ4n) is 1.06. The Bertz CT molecular complexity index is 287. The van der Waals surface area contributed by atoms with Crippen LogP contribution < -0.4 is 11.1 Å². The van der Waals surface area contributed by atoms with Crippen molar-refractivity contribution in [2.24, 2.45) is 5.73 Å². The molecule has 0 radical (unpaired) electrons. The third kappa shape index (κ3) is 3.55. The van der Waals surface area contributed by atoms with Gasteiger partial charge in [-0.05, 0) is 5.56 Å². The molecule has 4 heteroatoms. The summed E-state index contributed by atoms with van der Waals surface area (Å²) >= 11 is 0. The lowest BCUT2D eigenvalue weighted by Gasteiger charge is -2.07. The average Bonchev–Trinajstić information content (AvgIpc) is 2.19. The molecule has 4 N–H and O–H groups in total. The highest BCUT2D eigenvalue weighted by atomic mass is 16.4. The third-order valence-electron chi connectivity index (χ3n) is 1.85. The van der Waals surface area contributed by atoms with E-state index >= 15 is 0 Å². The predicted molar refractivity (Wildman–Crippen MR) is 53.8 cm³/mol. The molecule has 1 rings (SSSR count). The number of hydrogen-bond acceptors (Lipinski definition) is 3. The molecule has 0 saturated heterocycles. The molecule has 76 valence electrons. The monoisotopic (exact) mass is 194 g/mol. The van der Waals surface area contributed by atoms with Crippen LogP contribution in [0, 0.1) is 0 Å². The normalized spacial score (nSPS) is 12.4.